The summed E-state index contributed by atoms with van der Waals surface area (Å²) < 4.78 is 32.3. The van der Waals surface area contributed by atoms with Gasteiger partial charge in [-0.1, -0.05) is 20.3 Å². The zero-order valence-electron chi connectivity index (χ0n) is 13.0. The highest BCUT2D eigenvalue weighted by Gasteiger charge is 2.45. The number of carbonyl (C=O) groups excluding carboxylic acids is 1. The van der Waals surface area contributed by atoms with E-state index in [9.17, 15) is 13.2 Å². The average Bonchev–Trinajstić information content (AvgIpc) is 2.84. The van der Waals surface area contributed by atoms with E-state index >= 15 is 0 Å². The topological polar surface area (TPSA) is 63.7 Å². The molecule has 5 nitrogen and oxygen atoms in total. The Labute approximate surface area is 131 Å². The van der Waals surface area contributed by atoms with Crippen molar-refractivity contribution in [2.45, 2.75) is 49.5 Å². The number of esters is 1. The van der Waals surface area contributed by atoms with Gasteiger partial charge < -0.3 is 4.74 Å². The third-order valence-corrected chi connectivity index (χ3v) is 8.28. The van der Waals surface area contributed by atoms with Crippen LogP contribution in [-0.2, 0) is 19.6 Å². The van der Waals surface area contributed by atoms with Crippen LogP contribution in [0.15, 0.2) is 0 Å². The minimum Gasteiger partial charge on any atom is -0.469 e. The molecule has 2 fully saturated rings. The number of carbonyl (C=O) groups is 1. The molecule has 1 saturated carbocycles. The highest BCUT2D eigenvalue weighted by molar-refractivity contribution is 8.00. The number of hydrogen-bond acceptors (Lipinski definition) is 5. The second-order valence-electron chi connectivity index (χ2n) is 6.40. The molecule has 1 aliphatic heterocycles. The predicted octanol–water partition coefficient (Wildman–Crippen LogP) is 1.88. The summed E-state index contributed by atoms with van der Waals surface area (Å²) in [4.78, 5) is 11.8. The molecule has 0 amide bonds. The number of methoxy groups -OCH3 is 1. The molecule has 2 rings (SSSR count). The molecule has 1 saturated heterocycles. The van der Waals surface area contributed by atoms with Crippen LogP contribution in [-0.4, -0.2) is 54.6 Å². The second kappa shape index (κ2) is 6.46. The van der Waals surface area contributed by atoms with Gasteiger partial charge in [-0.3, -0.25) is 4.79 Å². The van der Waals surface area contributed by atoms with Gasteiger partial charge in [0, 0.05) is 23.6 Å². The van der Waals surface area contributed by atoms with Crippen LogP contribution in [0.3, 0.4) is 0 Å². The monoisotopic (exact) mass is 335 g/mol. The highest BCUT2D eigenvalue weighted by Crippen LogP contribution is 2.36. The summed E-state index contributed by atoms with van der Waals surface area (Å²) >= 11 is 1.82. The summed E-state index contributed by atoms with van der Waals surface area (Å²) in [5.74, 6) is -0.0727. The summed E-state index contributed by atoms with van der Waals surface area (Å²) in [5.41, 5.74) is 0. The molecule has 2 aliphatic rings. The zero-order chi connectivity index (χ0) is 15.7. The van der Waals surface area contributed by atoms with Gasteiger partial charge in [-0.15, -0.1) is 0 Å². The van der Waals surface area contributed by atoms with E-state index in [1.165, 1.54) is 7.11 Å². The quantitative estimate of drug-likeness (QED) is 0.737. The van der Waals surface area contributed by atoms with Gasteiger partial charge in [0.1, 0.15) is 0 Å². The molecule has 0 aromatic heterocycles. The molecular formula is C14H25NO4S2. The first-order chi connectivity index (χ1) is 9.78. The maximum absolute atomic E-state index is 12.9. The molecular weight excluding hydrogens is 310 g/mol. The van der Waals surface area contributed by atoms with Gasteiger partial charge in [0.05, 0.1) is 18.3 Å². The Morgan fingerprint density at radius 1 is 1.29 bits per heavy atom. The van der Waals surface area contributed by atoms with Crippen LogP contribution in [0.25, 0.3) is 0 Å². The van der Waals surface area contributed by atoms with Crippen LogP contribution in [0.4, 0.5) is 0 Å². The van der Waals surface area contributed by atoms with E-state index in [0.29, 0.717) is 25.9 Å². The number of thioether (sulfide) groups is 1. The number of rotatable bonds is 3. The van der Waals surface area contributed by atoms with Crippen LogP contribution < -0.4 is 0 Å². The average molecular weight is 335 g/mol. The third-order valence-electron chi connectivity index (χ3n) is 4.50. The van der Waals surface area contributed by atoms with Crippen molar-refractivity contribution in [1.82, 2.24) is 4.31 Å². The standard InChI is InChI=1S/C14H25NO4S2/c1-14(2)7-8-15(9-10-20-14)21(17,18)12-6-4-5-11(12)13(16)19-3/h11-12H,4-10H2,1-3H3. The lowest BCUT2D eigenvalue weighted by Gasteiger charge is -2.27. The molecule has 0 bridgehead atoms. The van der Waals surface area contributed by atoms with Crippen molar-refractivity contribution in [1.29, 1.82) is 0 Å². The molecule has 0 N–H and O–H groups in total. The van der Waals surface area contributed by atoms with E-state index in [1.54, 1.807) is 4.31 Å². The number of nitrogens with zero attached hydrogens (tertiary/aromatic N) is 1. The van der Waals surface area contributed by atoms with Crippen molar-refractivity contribution >= 4 is 27.8 Å². The smallest absolute Gasteiger partial charge is 0.310 e. The fraction of sp³-hybridized carbons (Fsp3) is 0.929. The number of hydrogen-bond donors (Lipinski definition) is 0. The summed E-state index contributed by atoms with van der Waals surface area (Å²) in [6, 6.07) is 0. The van der Waals surface area contributed by atoms with E-state index in [1.807, 2.05) is 11.8 Å². The molecule has 1 aliphatic carbocycles. The van der Waals surface area contributed by atoms with Gasteiger partial charge in [0.15, 0.2) is 0 Å². The minimum absolute atomic E-state index is 0.113. The first-order valence-corrected chi connectivity index (χ1v) is 9.97. The van der Waals surface area contributed by atoms with E-state index < -0.39 is 21.2 Å². The normalized spacial score (nSPS) is 30.8. The summed E-state index contributed by atoms with van der Waals surface area (Å²) in [5, 5.41) is -0.601. The van der Waals surface area contributed by atoms with E-state index in [2.05, 4.69) is 13.8 Å². The van der Waals surface area contributed by atoms with Gasteiger partial charge in [-0.05, 0) is 19.3 Å². The Hall–Kier alpha value is -0.270. The predicted molar refractivity (Wildman–Crippen MR) is 84.8 cm³/mol. The molecule has 0 aromatic carbocycles. The van der Waals surface area contributed by atoms with Crippen molar-refractivity contribution < 1.29 is 17.9 Å². The highest BCUT2D eigenvalue weighted by atomic mass is 32.2. The Morgan fingerprint density at radius 2 is 2.00 bits per heavy atom. The van der Waals surface area contributed by atoms with Crippen molar-refractivity contribution in [2.75, 3.05) is 26.0 Å². The first kappa shape index (κ1) is 17.1. The van der Waals surface area contributed by atoms with Crippen molar-refractivity contribution in [3.8, 4) is 0 Å². The van der Waals surface area contributed by atoms with E-state index in [0.717, 1.165) is 18.6 Å². The van der Waals surface area contributed by atoms with Crippen LogP contribution in [0.5, 0.6) is 0 Å². The fourth-order valence-corrected chi connectivity index (χ4v) is 6.57. The van der Waals surface area contributed by atoms with Crippen molar-refractivity contribution in [2.24, 2.45) is 5.92 Å². The van der Waals surface area contributed by atoms with Crippen LogP contribution in [0, 0.1) is 5.92 Å². The summed E-state index contributed by atoms with van der Waals surface area (Å²) in [6.45, 7) is 5.40. The van der Waals surface area contributed by atoms with Crippen LogP contribution in [0.1, 0.15) is 39.5 Å². The maximum atomic E-state index is 12.9. The molecule has 0 spiro atoms. The van der Waals surface area contributed by atoms with Gasteiger partial charge in [-0.25, -0.2) is 12.7 Å². The summed E-state index contributed by atoms with van der Waals surface area (Å²) in [7, 11) is -2.09. The molecule has 0 radical (unpaired) electrons. The lowest BCUT2D eigenvalue weighted by atomic mass is 10.1. The third kappa shape index (κ3) is 3.74. The molecule has 2 atom stereocenters. The van der Waals surface area contributed by atoms with Crippen molar-refractivity contribution in [3.63, 3.8) is 0 Å². The SMILES string of the molecule is COC(=O)C1CCCC1S(=O)(=O)N1CCSC(C)(C)CC1. The lowest BCUT2D eigenvalue weighted by Crippen LogP contribution is -2.43. The lowest BCUT2D eigenvalue weighted by molar-refractivity contribution is -0.145. The minimum atomic E-state index is -3.42. The molecule has 122 valence electrons. The van der Waals surface area contributed by atoms with E-state index in [-0.39, 0.29) is 10.7 Å². The maximum Gasteiger partial charge on any atom is 0.310 e. The van der Waals surface area contributed by atoms with Gasteiger partial charge in [0.2, 0.25) is 10.0 Å². The molecule has 7 heteroatoms. The zero-order valence-corrected chi connectivity index (χ0v) is 14.6. The number of ether oxygens (including phenoxy) is 1. The van der Waals surface area contributed by atoms with Gasteiger partial charge >= 0.3 is 5.97 Å². The van der Waals surface area contributed by atoms with Crippen LogP contribution in [0.2, 0.25) is 0 Å². The number of sulfonamides is 1. The molecule has 21 heavy (non-hydrogen) atoms. The van der Waals surface area contributed by atoms with Crippen molar-refractivity contribution in [3.05, 3.63) is 0 Å². The largest absolute Gasteiger partial charge is 0.469 e. The Balaban J connectivity index is 2.15. The molecule has 1 heterocycles. The Kier molecular flexibility index (Phi) is 5.26. The summed E-state index contributed by atoms with van der Waals surface area (Å²) in [6.07, 6.45) is 2.80. The van der Waals surface area contributed by atoms with Gasteiger partial charge in [-0.2, -0.15) is 11.8 Å². The fourth-order valence-electron chi connectivity index (χ4n) is 3.15. The second-order valence-corrected chi connectivity index (χ2v) is 10.4. The molecule has 2 unspecified atom stereocenters. The Morgan fingerprint density at radius 3 is 2.67 bits per heavy atom. The first-order valence-electron chi connectivity index (χ1n) is 7.49. The molecule has 0 aromatic rings. The van der Waals surface area contributed by atoms with Gasteiger partial charge in [0.25, 0.3) is 0 Å². The van der Waals surface area contributed by atoms with E-state index in [4.69, 9.17) is 4.74 Å². The Bertz CT molecular complexity index is 489. The van der Waals surface area contributed by atoms with Crippen LogP contribution >= 0.6 is 11.8 Å².